The monoisotopic (exact) mass is 593 g/mol. The maximum absolute atomic E-state index is 14.2. The highest BCUT2D eigenvalue weighted by Crippen LogP contribution is 2.54. The summed E-state index contributed by atoms with van der Waals surface area (Å²) < 4.78 is 37.8. The van der Waals surface area contributed by atoms with E-state index in [1.165, 1.54) is 0 Å². The summed E-state index contributed by atoms with van der Waals surface area (Å²) in [5, 5.41) is 1.55. The van der Waals surface area contributed by atoms with E-state index in [9.17, 15) is 9.36 Å². The zero-order valence-corrected chi connectivity index (χ0v) is 24.9. The molecule has 4 aromatic rings. The molecule has 0 bridgehead atoms. The van der Waals surface area contributed by atoms with Gasteiger partial charge in [-0.15, -0.1) is 11.6 Å². The summed E-state index contributed by atoms with van der Waals surface area (Å²) in [5.74, 6) is 0.469. The molecule has 41 heavy (non-hydrogen) atoms. The van der Waals surface area contributed by atoms with Crippen molar-refractivity contribution in [3.63, 3.8) is 0 Å². The van der Waals surface area contributed by atoms with E-state index in [0.717, 1.165) is 22.1 Å². The maximum atomic E-state index is 14.2. The van der Waals surface area contributed by atoms with Gasteiger partial charge in [-0.25, -0.2) is 9.36 Å². The van der Waals surface area contributed by atoms with Crippen LogP contribution in [-0.2, 0) is 31.6 Å². The number of nitrogens with zero attached hydrogens (tertiary/aromatic N) is 1. The summed E-state index contributed by atoms with van der Waals surface area (Å²) in [5.41, 5.74) is 2.47. The molecule has 1 amide bonds. The molecule has 0 N–H and O–H groups in total. The summed E-state index contributed by atoms with van der Waals surface area (Å²) >= 11 is 6.39. The SMILES string of the molecule is CC(C)(C)OC(=O)N1C[C@@H](CCl)c2c1cc(OP(=O)(OCc1ccccc1)OCc1ccccc1)c1ccccc21. The Bertz CT molecular complexity index is 1510. The quantitative estimate of drug-likeness (QED) is 0.143. The molecule has 0 spiro atoms. The number of ether oxygens (including phenoxy) is 1. The van der Waals surface area contributed by atoms with Crippen LogP contribution in [0.3, 0.4) is 0 Å². The lowest BCUT2D eigenvalue weighted by Gasteiger charge is -2.25. The molecule has 0 saturated carbocycles. The summed E-state index contributed by atoms with van der Waals surface area (Å²) in [7, 11) is -4.16. The number of amides is 1. The normalized spacial score (nSPS) is 15.1. The number of hydrogen-bond donors (Lipinski definition) is 0. The van der Waals surface area contributed by atoms with Crippen molar-refractivity contribution in [3.8, 4) is 5.75 Å². The standard InChI is InChI=1S/C32H33ClNO6P/c1-32(2,3)39-31(35)34-20-25(19-33)30-27-17-11-10-16-26(27)29(18-28(30)34)40-41(36,37-21-23-12-6-4-7-13-23)38-22-24-14-8-5-9-15-24/h4-18,25H,19-22H2,1-3H3/t25-/m1/s1. The van der Waals surface area contributed by atoms with Crippen LogP contribution >= 0.6 is 19.4 Å². The molecule has 1 atom stereocenters. The van der Waals surface area contributed by atoms with Crippen molar-refractivity contribution >= 4 is 42.0 Å². The van der Waals surface area contributed by atoms with E-state index in [1.807, 2.05) is 106 Å². The van der Waals surface area contributed by atoms with Crippen molar-refractivity contribution in [3.05, 3.63) is 108 Å². The summed E-state index contributed by atoms with van der Waals surface area (Å²) in [6.07, 6.45) is -0.489. The average molecular weight is 594 g/mol. The van der Waals surface area contributed by atoms with E-state index >= 15 is 0 Å². The predicted octanol–water partition coefficient (Wildman–Crippen LogP) is 8.84. The molecule has 0 radical (unpaired) electrons. The van der Waals surface area contributed by atoms with Crippen LogP contribution in [0.15, 0.2) is 91.0 Å². The molecule has 0 unspecified atom stereocenters. The van der Waals surface area contributed by atoms with Gasteiger partial charge in [0.25, 0.3) is 0 Å². The number of alkyl halides is 1. The van der Waals surface area contributed by atoms with Gasteiger partial charge in [-0.3, -0.25) is 13.9 Å². The van der Waals surface area contributed by atoms with Crippen molar-refractivity contribution in [1.29, 1.82) is 0 Å². The molecule has 1 heterocycles. The highest BCUT2D eigenvalue weighted by Gasteiger charge is 2.38. The molecular weight excluding hydrogens is 561 g/mol. The smallest absolute Gasteiger partial charge is 0.443 e. The summed E-state index contributed by atoms with van der Waals surface area (Å²) in [4.78, 5) is 14.8. The molecule has 9 heteroatoms. The van der Waals surface area contributed by atoms with Gasteiger partial charge in [-0.05, 0) is 42.8 Å². The largest absolute Gasteiger partial charge is 0.530 e. The van der Waals surface area contributed by atoms with E-state index in [2.05, 4.69) is 0 Å². The number of carbonyl (C=O) groups is 1. The van der Waals surface area contributed by atoms with Crippen molar-refractivity contribution < 1.29 is 27.7 Å². The van der Waals surface area contributed by atoms with Crippen LogP contribution in [0.2, 0.25) is 0 Å². The first-order valence-electron chi connectivity index (χ1n) is 13.4. The minimum absolute atomic E-state index is 0.0220. The van der Waals surface area contributed by atoms with Crippen LogP contribution in [0.5, 0.6) is 5.75 Å². The fourth-order valence-electron chi connectivity index (χ4n) is 4.77. The van der Waals surface area contributed by atoms with Crippen LogP contribution in [0.25, 0.3) is 10.8 Å². The Morgan fingerprint density at radius 2 is 1.41 bits per heavy atom. The molecule has 7 nitrogen and oxygen atoms in total. The van der Waals surface area contributed by atoms with Crippen LogP contribution in [0.1, 0.15) is 43.4 Å². The number of hydrogen-bond acceptors (Lipinski definition) is 6. The third kappa shape index (κ3) is 6.94. The van der Waals surface area contributed by atoms with Gasteiger partial charge in [-0.1, -0.05) is 84.9 Å². The third-order valence-electron chi connectivity index (χ3n) is 6.60. The zero-order valence-electron chi connectivity index (χ0n) is 23.3. The van der Waals surface area contributed by atoms with Gasteiger partial charge in [0.15, 0.2) is 0 Å². The second kappa shape index (κ2) is 12.3. The Labute approximate surface area is 245 Å². The first-order valence-corrected chi connectivity index (χ1v) is 15.4. The maximum Gasteiger partial charge on any atom is 0.530 e. The zero-order chi connectivity index (χ0) is 29.0. The number of halogens is 1. The second-order valence-corrected chi connectivity index (χ2v) is 12.8. The number of fused-ring (bicyclic) bond motifs is 3. The highest BCUT2D eigenvalue weighted by molar-refractivity contribution is 7.48. The Morgan fingerprint density at radius 1 is 0.878 bits per heavy atom. The molecule has 5 rings (SSSR count). The van der Waals surface area contributed by atoms with Gasteiger partial charge in [0.2, 0.25) is 0 Å². The van der Waals surface area contributed by atoms with Crippen LogP contribution < -0.4 is 9.42 Å². The lowest BCUT2D eigenvalue weighted by atomic mass is 9.95. The van der Waals surface area contributed by atoms with E-state index in [-0.39, 0.29) is 24.9 Å². The predicted molar refractivity (Wildman–Crippen MR) is 162 cm³/mol. The summed E-state index contributed by atoms with van der Waals surface area (Å²) in [6.45, 7) is 5.86. The molecule has 1 aliphatic heterocycles. The van der Waals surface area contributed by atoms with E-state index in [0.29, 0.717) is 23.5 Å². The van der Waals surface area contributed by atoms with Crippen LogP contribution in [-0.4, -0.2) is 24.1 Å². The number of benzene rings is 4. The van der Waals surface area contributed by atoms with Gasteiger partial charge in [0, 0.05) is 29.8 Å². The molecule has 0 aliphatic carbocycles. The van der Waals surface area contributed by atoms with Gasteiger partial charge in [0.05, 0.1) is 18.9 Å². The molecule has 0 aromatic heterocycles. The molecule has 0 fully saturated rings. The Morgan fingerprint density at radius 3 is 1.95 bits per heavy atom. The van der Waals surface area contributed by atoms with E-state index < -0.39 is 19.5 Å². The number of rotatable bonds is 9. The van der Waals surface area contributed by atoms with E-state index in [4.69, 9.17) is 29.9 Å². The molecule has 0 saturated heterocycles. The molecule has 1 aliphatic rings. The first-order chi connectivity index (χ1) is 19.7. The minimum atomic E-state index is -4.16. The van der Waals surface area contributed by atoms with Gasteiger partial charge in [0.1, 0.15) is 11.4 Å². The number of carbonyl (C=O) groups excluding carboxylic acids is 1. The number of phosphoric ester groups is 1. The van der Waals surface area contributed by atoms with Crippen molar-refractivity contribution in [2.24, 2.45) is 0 Å². The second-order valence-electron chi connectivity index (χ2n) is 10.9. The van der Waals surface area contributed by atoms with Gasteiger partial charge >= 0.3 is 13.9 Å². The van der Waals surface area contributed by atoms with Crippen LogP contribution in [0.4, 0.5) is 10.5 Å². The topological polar surface area (TPSA) is 74.3 Å². The lowest BCUT2D eigenvalue weighted by Crippen LogP contribution is -2.36. The number of anilines is 1. The fourth-order valence-corrected chi connectivity index (χ4v) is 6.21. The van der Waals surface area contributed by atoms with Gasteiger partial charge < -0.3 is 9.26 Å². The highest BCUT2D eigenvalue weighted by atomic mass is 35.5. The number of phosphoric acid groups is 1. The lowest BCUT2D eigenvalue weighted by molar-refractivity contribution is 0.0582. The Hall–Kier alpha value is -3.35. The van der Waals surface area contributed by atoms with Crippen LogP contribution in [0, 0.1) is 0 Å². The Balaban J connectivity index is 1.54. The molecule has 4 aromatic carbocycles. The minimum Gasteiger partial charge on any atom is -0.443 e. The Kier molecular flexibility index (Phi) is 8.71. The molecular formula is C32H33ClNO6P. The van der Waals surface area contributed by atoms with Crippen molar-refractivity contribution in [1.82, 2.24) is 0 Å². The summed E-state index contributed by atoms with van der Waals surface area (Å²) in [6, 6.07) is 28.1. The first kappa shape index (κ1) is 29.2. The molecule has 214 valence electrons. The average Bonchev–Trinajstić information content (AvgIpc) is 3.34. The fraction of sp³-hybridized carbons (Fsp3) is 0.281. The van der Waals surface area contributed by atoms with Gasteiger partial charge in [-0.2, -0.15) is 0 Å². The third-order valence-corrected chi connectivity index (χ3v) is 8.29. The van der Waals surface area contributed by atoms with Crippen molar-refractivity contribution in [2.75, 3.05) is 17.3 Å². The van der Waals surface area contributed by atoms with E-state index in [1.54, 1.807) is 11.0 Å². The van der Waals surface area contributed by atoms with Crippen molar-refractivity contribution in [2.45, 2.75) is 45.5 Å².